The number of rotatable bonds is 3. The van der Waals surface area contributed by atoms with E-state index in [-0.39, 0.29) is 11.1 Å². The van der Waals surface area contributed by atoms with Crippen LogP contribution in [0.15, 0.2) is 59.5 Å². The summed E-state index contributed by atoms with van der Waals surface area (Å²) in [6, 6.07) is 16.3. The quantitative estimate of drug-likeness (QED) is 0.806. The van der Waals surface area contributed by atoms with Gasteiger partial charge in [-0.2, -0.15) is 0 Å². The standard InChI is InChI=1S/C17H13NO3S/c1-21-14-10-6-5-7-12(14)11-15-16(19)18(17(20)22-15)13-8-3-2-4-9-13/h2-11H,1H3/b15-11+. The minimum absolute atomic E-state index is 0.294. The van der Waals surface area contributed by atoms with Gasteiger partial charge in [0, 0.05) is 5.56 Å². The largest absolute Gasteiger partial charge is 0.496 e. The van der Waals surface area contributed by atoms with E-state index in [1.165, 1.54) is 4.90 Å². The van der Waals surface area contributed by atoms with Crippen LogP contribution in [0.1, 0.15) is 5.56 Å². The number of amides is 2. The van der Waals surface area contributed by atoms with Gasteiger partial charge in [-0.3, -0.25) is 9.59 Å². The van der Waals surface area contributed by atoms with Gasteiger partial charge in [0.15, 0.2) is 0 Å². The van der Waals surface area contributed by atoms with Crippen molar-refractivity contribution in [2.75, 3.05) is 12.0 Å². The highest BCUT2D eigenvalue weighted by molar-refractivity contribution is 8.19. The molecule has 2 aromatic rings. The molecule has 0 unspecified atom stereocenters. The van der Waals surface area contributed by atoms with Gasteiger partial charge in [0.05, 0.1) is 17.7 Å². The predicted molar refractivity (Wildman–Crippen MR) is 87.9 cm³/mol. The summed E-state index contributed by atoms with van der Waals surface area (Å²) in [4.78, 5) is 26.2. The van der Waals surface area contributed by atoms with Crippen LogP contribution < -0.4 is 9.64 Å². The topological polar surface area (TPSA) is 46.6 Å². The summed E-state index contributed by atoms with van der Waals surface area (Å²) in [7, 11) is 1.57. The Morgan fingerprint density at radius 3 is 2.41 bits per heavy atom. The van der Waals surface area contributed by atoms with Crippen LogP contribution in [0, 0.1) is 0 Å². The molecule has 4 nitrogen and oxygen atoms in total. The lowest BCUT2D eigenvalue weighted by Gasteiger charge is -2.11. The first-order valence-electron chi connectivity index (χ1n) is 6.67. The third kappa shape index (κ3) is 2.63. The zero-order valence-electron chi connectivity index (χ0n) is 11.9. The summed E-state index contributed by atoms with van der Waals surface area (Å²) in [5, 5.41) is -0.294. The number of para-hydroxylation sites is 2. The highest BCUT2D eigenvalue weighted by Crippen LogP contribution is 2.36. The molecule has 0 aliphatic carbocycles. The van der Waals surface area contributed by atoms with Crippen molar-refractivity contribution in [3.8, 4) is 5.75 Å². The number of ether oxygens (including phenoxy) is 1. The van der Waals surface area contributed by atoms with Crippen LogP contribution in [0.4, 0.5) is 10.5 Å². The Morgan fingerprint density at radius 2 is 1.68 bits per heavy atom. The number of carbonyl (C=O) groups excluding carboxylic acids is 2. The number of imide groups is 1. The fraction of sp³-hybridized carbons (Fsp3) is 0.0588. The van der Waals surface area contributed by atoms with Gasteiger partial charge >= 0.3 is 0 Å². The molecule has 5 heteroatoms. The van der Waals surface area contributed by atoms with E-state index in [1.807, 2.05) is 30.3 Å². The fourth-order valence-corrected chi connectivity index (χ4v) is 3.03. The summed E-state index contributed by atoms with van der Waals surface area (Å²) >= 11 is 0.934. The second kappa shape index (κ2) is 6.07. The van der Waals surface area contributed by atoms with E-state index >= 15 is 0 Å². The maximum absolute atomic E-state index is 12.5. The highest BCUT2D eigenvalue weighted by Gasteiger charge is 2.36. The molecule has 110 valence electrons. The number of hydrogen-bond acceptors (Lipinski definition) is 4. The zero-order valence-corrected chi connectivity index (χ0v) is 12.7. The summed E-state index contributed by atoms with van der Waals surface area (Å²) in [6.07, 6.45) is 1.69. The van der Waals surface area contributed by atoms with Gasteiger partial charge in [-0.15, -0.1) is 0 Å². The Hall–Kier alpha value is -2.53. The molecule has 22 heavy (non-hydrogen) atoms. The van der Waals surface area contributed by atoms with Gasteiger partial charge in [-0.1, -0.05) is 36.4 Å². The number of methoxy groups -OCH3 is 1. The predicted octanol–water partition coefficient (Wildman–Crippen LogP) is 3.94. The number of hydrogen-bond donors (Lipinski definition) is 0. The van der Waals surface area contributed by atoms with E-state index in [9.17, 15) is 9.59 Å². The Kier molecular flexibility index (Phi) is 3.98. The lowest BCUT2D eigenvalue weighted by molar-refractivity contribution is -0.113. The van der Waals surface area contributed by atoms with Crippen LogP contribution in [0.5, 0.6) is 5.75 Å². The van der Waals surface area contributed by atoms with Crippen LogP contribution in [-0.4, -0.2) is 18.3 Å². The number of thioether (sulfide) groups is 1. The first kappa shape index (κ1) is 14.4. The Balaban J connectivity index is 1.96. The maximum atomic E-state index is 12.5. The molecule has 2 aromatic carbocycles. The number of carbonyl (C=O) groups is 2. The summed E-state index contributed by atoms with van der Waals surface area (Å²) in [5.74, 6) is 0.348. The molecule has 1 aliphatic rings. The molecular formula is C17H13NO3S. The van der Waals surface area contributed by atoms with Gasteiger partial charge in [-0.25, -0.2) is 4.90 Å². The molecule has 0 saturated carbocycles. The monoisotopic (exact) mass is 311 g/mol. The molecular weight excluding hydrogens is 298 g/mol. The Labute approximate surface area is 132 Å². The van der Waals surface area contributed by atoms with E-state index < -0.39 is 0 Å². The Morgan fingerprint density at radius 1 is 1.00 bits per heavy atom. The van der Waals surface area contributed by atoms with Crippen LogP contribution in [0.3, 0.4) is 0 Å². The van der Waals surface area contributed by atoms with E-state index in [2.05, 4.69) is 0 Å². The van der Waals surface area contributed by atoms with Crippen molar-refractivity contribution in [3.63, 3.8) is 0 Å². The van der Waals surface area contributed by atoms with E-state index in [0.29, 0.717) is 16.3 Å². The lowest BCUT2D eigenvalue weighted by atomic mass is 10.2. The number of benzene rings is 2. The molecule has 1 aliphatic heterocycles. The van der Waals surface area contributed by atoms with E-state index in [0.717, 1.165) is 17.3 Å². The van der Waals surface area contributed by atoms with Gasteiger partial charge < -0.3 is 4.74 Å². The molecule has 3 rings (SSSR count). The van der Waals surface area contributed by atoms with Gasteiger partial charge in [0.2, 0.25) is 0 Å². The number of anilines is 1. The minimum atomic E-state index is -0.313. The number of nitrogens with zero attached hydrogens (tertiary/aromatic N) is 1. The molecule has 1 heterocycles. The van der Waals surface area contributed by atoms with Crippen LogP contribution in [0.2, 0.25) is 0 Å². The van der Waals surface area contributed by atoms with Gasteiger partial charge in [-0.05, 0) is 36.0 Å². The van der Waals surface area contributed by atoms with Crippen molar-refractivity contribution in [2.45, 2.75) is 0 Å². The van der Waals surface area contributed by atoms with Crippen molar-refractivity contribution in [1.29, 1.82) is 0 Å². The maximum Gasteiger partial charge on any atom is 0.298 e. The van der Waals surface area contributed by atoms with Gasteiger partial charge in [0.1, 0.15) is 5.75 Å². The molecule has 0 radical (unpaired) electrons. The average molecular weight is 311 g/mol. The van der Waals surface area contributed by atoms with E-state index in [4.69, 9.17) is 4.74 Å². The summed E-state index contributed by atoms with van der Waals surface area (Å²) in [5.41, 5.74) is 1.34. The summed E-state index contributed by atoms with van der Waals surface area (Å²) < 4.78 is 5.27. The third-order valence-corrected chi connectivity index (χ3v) is 4.10. The van der Waals surface area contributed by atoms with Crippen molar-refractivity contribution >= 4 is 34.7 Å². The van der Waals surface area contributed by atoms with Crippen molar-refractivity contribution in [3.05, 3.63) is 65.1 Å². The first-order chi connectivity index (χ1) is 10.7. The van der Waals surface area contributed by atoms with Gasteiger partial charge in [0.25, 0.3) is 11.1 Å². The Bertz CT molecular complexity index is 756. The zero-order chi connectivity index (χ0) is 15.5. The van der Waals surface area contributed by atoms with Crippen molar-refractivity contribution in [2.24, 2.45) is 0 Å². The molecule has 1 fully saturated rings. The molecule has 0 aromatic heterocycles. The molecule has 0 N–H and O–H groups in total. The molecule has 0 spiro atoms. The van der Waals surface area contributed by atoms with Crippen molar-refractivity contribution < 1.29 is 14.3 Å². The highest BCUT2D eigenvalue weighted by atomic mass is 32.2. The van der Waals surface area contributed by atoms with Crippen LogP contribution in [-0.2, 0) is 4.79 Å². The second-order valence-electron chi connectivity index (χ2n) is 4.59. The lowest BCUT2D eigenvalue weighted by Crippen LogP contribution is -2.27. The molecule has 0 atom stereocenters. The third-order valence-electron chi connectivity index (χ3n) is 3.23. The minimum Gasteiger partial charge on any atom is -0.496 e. The molecule has 1 saturated heterocycles. The normalized spacial score (nSPS) is 16.4. The fourth-order valence-electron chi connectivity index (χ4n) is 2.19. The first-order valence-corrected chi connectivity index (χ1v) is 7.48. The van der Waals surface area contributed by atoms with Crippen LogP contribution in [0.25, 0.3) is 6.08 Å². The second-order valence-corrected chi connectivity index (χ2v) is 5.59. The molecule has 2 amide bonds. The van der Waals surface area contributed by atoms with Crippen molar-refractivity contribution in [1.82, 2.24) is 0 Å². The smallest absolute Gasteiger partial charge is 0.298 e. The van der Waals surface area contributed by atoms with Crippen LogP contribution >= 0.6 is 11.8 Å². The van der Waals surface area contributed by atoms with E-state index in [1.54, 1.807) is 37.5 Å². The summed E-state index contributed by atoms with van der Waals surface area (Å²) in [6.45, 7) is 0. The SMILES string of the molecule is COc1ccccc1/C=C1/SC(=O)N(c2ccccc2)C1=O. The average Bonchev–Trinajstić information content (AvgIpc) is 2.83. The molecule has 0 bridgehead atoms.